The molecular weight excluding hydrogens is 275 g/mol. The van der Waals surface area contributed by atoms with E-state index in [0.717, 1.165) is 0 Å². The molecule has 0 heterocycles. The van der Waals surface area contributed by atoms with Crippen LogP contribution >= 0.6 is 15.9 Å². The third-order valence-electron chi connectivity index (χ3n) is 2.82. The number of hydrogen-bond acceptors (Lipinski definition) is 2. The molecular formula is C12H10BrFO2. The molecule has 0 saturated heterocycles. The average molecular weight is 285 g/mol. The van der Waals surface area contributed by atoms with Crippen molar-refractivity contribution in [3.05, 3.63) is 34.1 Å². The third-order valence-corrected chi connectivity index (χ3v) is 3.43. The highest BCUT2D eigenvalue weighted by Crippen LogP contribution is 2.27. The first-order chi connectivity index (χ1) is 7.58. The maximum Gasteiger partial charge on any atom is 0.166 e. The molecule has 4 heteroatoms. The molecule has 84 valence electrons. The predicted octanol–water partition coefficient (Wildman–Crippen LogP) is 3.14. The van der Waals surface area contributed by atoms with E-state index in [4.69, 9.17) is 0 Å². The largest absolute Gasteiger partial charge is 0.300 e. The quantitative estimate of drug-likeness (QED) is 0.782. The molecule has 0 spiro atoms. The Morgan fingerprint density at radius 2 is 2.19 bits per heavy atom. The number of carbonyl (C=O) groups excluding carboxylic acids is 2. The smallest absolute Gasteiger partial charge is 0.166 e. The van der Waals surface area contributed by atoms with E-state index in [1.807, 2.05) is 0 Å². The van der Waals surface area contributed by atoms with Crippen molar-refractivity contribution in [1.29, 1.82) is 0 Å². The SMILES string of the molecule is O=C1CCC(C(=O)c2ccc(F)c(Br)c2)C1. The summed E-state index contributed by atoms with van der Waals surface area (Å²) in [6, 6.07) is 4.19. The first-order valence-corrected chi connectivity index (χ1v) is 5.88. The molecule has 0 amide bonds. The zero-order chi connectivity index (χ0) is 11.7. The Hall–Kier alpha value is -1.03. The molecule has 1 atom stereocenters. The summed E-state index contributed by atoms with van der Waals surface area (Å²) in [5.74, 6) is -0.532. The molecule has 2 rings (SSSR count). The molecule has 0 radical (unpaired) electrons. The van der Waals surface area contributed by atoms with Gasteiger partial charge in [0.25, 0.3) is 0 Å². The van der Waals surface area contributed by atoms with Gasteiger partial charge in [0.1, 0.15) is 11.6 Å². The summed E-state index contributed by atoms with van der Waals surface area (Å²) < 4.78 is 13.3. The van der Waals surface area contributed by atoms with E-state index in [0.29, 0.717) is 24.8 Å². The van der Waals surface area contributed by atoms with Crippen molar-refractivity contribution in [2.75, 3.05) is 0 Å². The molecule has 16 heavy (non-hydrogen) atoms. The molecule has 0 aromatic heterocycles. The van der Waals surface area contributed by atoms with Crippen molar-refractivity contribution in [2.45, 2.75) is 19.3 Å². The molecule has 1 aromatic rings. The van der Waals surface area contributed by atoms with Crippen LogP contribution < -0.4 is 0 Å². The van der Waals surface area contributed by atoms with Crippen molar-refractivity contribution in [2.24, 2.45) is 5.92 Å². The minimum atomic E-state index is -0.390. The Morgan fingerprint density at radius 3 is 2.75 bits per heavy atom. The van der Waals surface area contributed by atoms with E-state index in [1.54, 1.807) is 0 Å². The highest BCUT2D eigenvalue weighted by Gasteiger charge is 2.29. The third kappa shape index (κ3) is 2.21. The van der Waals surface area contributed by atoms with Crippen LogP contribution in [0.25, 0.3) is 0 Å². The molecule has 1 aromatic carbocycles. The van der Waals surface area contributed by atoms with Gasteiger partial charge in [-0.3, -0.25) is 9.59 Å². The lowest BCUT2D eigenvalue weighted by atomic mass is 9.96. The Kier molecular flexibility index (Phi) is 3.19. The lowest BCUT2D eigenvalue weighted by Gasteiger charge is -2.07. The van der Waals surface area contributed by atoms with Crippen molar-refractivity contribution in [3.8, 4) is 0 Å². The lowest BCUT2D eigenvalue weighted by molar-refractivity contribution is -0.117. The van der Waals surface area contributed by atoms with Crippen LogP contribution in [0.4, 0.5) is 4.39 Å². The van der Waals surface area contributed by atoms with Crippen LogP contribution in [0.5, 0.6) is 0 Å². The monoisotopic (exact) mass is 284 g/mol. The highest BCUT2D eigenvalue weighted by atomic mass is 79.9. The minimum absolute atomic E-state index is 0.0634. The lowest BCUT2D eigenvalue weighted by Crippen LogP contribution is -2.11. The van der Waals surface area contributed by atoms with E-state index in [1.165, 1.54) is 18.2 Å². The second-order valence-electron chi connectivity index (χ2n) is 3.97. The fraction of sp³-hybridized carbons (Fsp3) is 0.333. The molecule has 1 saturated carbocycles. The first kappa shape index (κ1) is 11.5. The number of benzene rings is 1. The van der Waals surface area contributed by atoms with E-state index in [2.05, 4.69) is 15.9 Å². The second kappa shape index (κ2) is 4.45. The number of carbonyl (C=O) groups is 2. The molecule has 1 fully saturated rings. The van der Waals surface area contributed by atoms with Gasteiger partial charge in [0.15, 0.2) is 5.78 Å². The van der Waals surface area contributed by atoms with Gasteiger partial charge in [-0.15, -0.1) is 0 Å². The Labute approximate surface area is 101 Å². The van der Waals surface area contributed by atoms with Crippen LogP contribution in [0.3, 0.4) is 0 Å². The number of hydrogen-bond donors (Lipinski definition) is 0. The van der Waals surface area contributed by atoms with Gasteiger partial charge in [-0.05, 0) is 40.5 Å². The number of ketones is 2. The van der Waals surface area contributed by atoms with Gasteiger partial charge in [0.05, 0.1) is 4.47 Å². The summed E-state index contributed by atoms with van der Waals surface area (Å²) >= 11 is 3.04. The number of Topliss-reactive ketones (excluding diaryl/α,β-unsaturated/α-hetero) is 2. The molecule has 0 N–H and O–H groups in total. The zero-order valence-corrected chi connectivity index (χ0v) is 10.1. The average Bonchev–Trinajstić information content (AvgIpc) is 2.68. The summed E-state index contributed by atoms with van der Waals surface area (Å²) in [5, 5.41) is 0. The molecule has 0 bridgehead atoms. The summed E-state index contributed by atoms with van der Waals surface area (Å²) in [5.41, 5.74) is 0.466. The topological polar surface area (TPSA) is 34.1 Å². The maximum absolute atomic E-state index is 13.0. The standard InChI is InChI=1S/C12H10BrFO2/c13-10-6-8(2-4-11(10)14)12(16)7-1-3-9(15)5-7/h2,4,6-7H,1,3,5H2. The van der Waals surface area contributed by atoms with Crippen molar-refractivity contribution in [1.82, 2.24) is 0 Å². The normalized spacial score (nSPS) is 20.1. The second-order valence-corrected chi connectivity index (χ2v) is 4.83. The van der Waals surface area contributed by atoms with E-state index in [-0.39, 0.29) is 27.8 Å². The summed E-state index contributed by atoms with van der Waals surface area (Å²) in [4.78, 5) is 23.0. The molecule has 1 unspecified atom stereocenters. The van der Waals surface area contributed by atoms with E-state index >= 15 is 0 Å². The zero-order valence-electron chi connectivity index (χ0n) is 8.50. The van der Waals surface area contributed by atoms with Crippen LogP contribution in [0.2, 0.25) is 0 Å². The number of halogens is 2. The fourth-order valence-electron chi connectivity index (χ4n) is 1.92. The first-order valence-electron chi connectivity index (χ1n) is 5.09. The molecule has 0 aliphatic heterocycles. The molecule has 2 nitrogen and oxygen atoms in total. The molecule has 1 aliphatic carbocycles. The van der Waals surface area contributed by atoms with Gasteiger partial charge in [0, 0.05) is 24.3 Å². The molecule has 1 aliphatic rings. The van der Waals surface area contributed by atoms with Gasteiger partial charge in [-0.1, -0.05) is 0 Å². The Bertz CT molecular complexity index is 456. The minimum Gasteiger partial charge on any atom is -0.300 e. The van der Waals surface area contributed by atoms with Gasteiger partial charge in [-0.2, -0.15) is 0 Å². The van der Waals surface area contributed by atoms with Gasteiger partial charge in [-0.25, -0.2) is 4.39 Å². The summed E-state index contributed by atoms with van der Waals surface area (Å²) in [7, 11) is 0. The maximum atomic E-state index is 13.0. The van der Waals surface area contributed by atoms with E-state index in [9.17, 15) is 14.0 Å². The van der Waals surface area contributed by atoms with Crippen molar-refractivity contribution in [3.63, 3.8) is 0 Å². The van der Waals surface area contributed by atoms with Crippen LogP contribution in [0.1, 0.15) is 29.6 Å². The summed E-state index contributed by atoms with van der Waals surface area (Å²) in [6.45, 7) is 0. The van der Waals surface area contributed by atoms with Crippen LogP contribution in [-0.4, -0.2) is 11.6 Å². The predicted molar refractivity (Wildman–Crippen MR) is 60.8 cm³/mol. The Morgan fingerprint density at radius 1 is 1.44 bits per heavy atom. The van der Waals surface area contributed by atoms with Crippen LogP contribution in [0, 0.1) is 11.7 Å². The van der Waals surface area contributed by atoms with E-state index < -0.39 is 0 Å². The Balaban J connectivity index is 2.21. The highest BCUT2D eigenvalue weighted by molar-refractivity contribution is 9.10. The van der Waals surface area contributed by atoms with Crippen molar-refractivity contribution < 1.29 is 14.0 Å². The van der Waals surface area contributed by atoms with Crippen LogP contribution in [0.15, 0.2) is 22.7 Å². The van der Waals surface area contributed by atoms with Gasteiger partial charge < -0.3 is 0 Å². The number of rotatable bonds is 2. The fourth-order valence-corrected chi connectivity index (χ4v) is 2.30. The summed E-state index contributed by atoms with van der Waals surface area (Å²) in [6.07, 6.45) is 1.43. The van der Waals surface area contributed by atoms with Crippen molar-refractivity contribution >= 4 is 27.5 Å². The van der Waals surface area contributed by atoms with Gasteiger partial charge >= 0.3 is 0 Å². The van der Waals surface area contributed by atoms with Gasteiger partial charge in [0.2, 0.25) is 0 Å². The van der Waals surface area contributed by atoms with Crippen LogP contribution in [-0.2, 0) is 4.79 Å².